The average molecular weight is 425 g/mol. The van der Waals surface area contributed by atoms with E-state index < -0.39 is 0 Å². The Morgan fingerprint density at radius 3 is 2.37 bits per heavy atom. The zero-order valence-corrected chi connectivity index (χ0v) is 17.9. The van der Waals surface area contributed by atoms with Crippen molar-refractivity contribution in [3.05, 3.63) is 82.1 Å². The van der Waals surface area contributed by atoms with Crippen LogP contribution in [0.4, 0.5) is 0 Å². The van der Waals surface area contributed by atoms with Gasteiger partial charge in [0.15, 0.2) is 0 Å². The summed E-state index contributed by atoms with van der Waals surface area (Å²) in [6, 6.07) is 17.3. The van der Waals surface area contributed by atoms with E-state index in [1.807, 2.05) is 56.3 Å². The maximum absolute atomic E-state index is 12.4. The van der Waals surface area contributed by atoms with Gasteiger partial charge in [-0.15, -0.1) is 0 Å². The first-order valence-electron chi connectivity index (χ1n) is 9.82. The second-order valence-electron chi connectivity index (χ2n) is 7.08. The van der Waals surface area contributed by atoms with Gasteiger partial charge in [0.05, 0.1) is 24.3 Å². The fourth-order valence-corrected chi connectivity index (χ4v) is 3.35. The highest BCUT2D eigenvalue weighted by Crippen LogP contribution is 2.20. The minimum atomic E-state index is -0.213. The van der Waals surface area contributed by atoms with Crippen molar-refractivity contribution >= 4 is 23.4 Å². The Bertz CT molecular complexity index is 1010. The summed E-state index contributed by atoms with van der Waals surface area (Å²) in [6.45, 7) is 4.29. The molecule has 7 heteroatoms. The molecule has 30 heavy (non-hydrogen) atoms. The number of halogens is 1. The number of hydrogen-bond donors (Lipinski definition) is 2. The van der Waals surface area contributed by atoms with E-state index in [1.165, 1.54) is 0 Å². The van der Waals surface area contributed by atoms with E-state index in [1.54, 1.807) is 16.8 Å². The van der Waals surface area contributed by atoms with Crippen LogP contribution in [0, 0.1) is 13.8 Å². The molecule has 156 valence electrons. The van der Waals surface area contributed by atoms with Crippen LogP contribution < -0.4 is 10.6 Å². The Kier molecular flexibility index (Phi) is 7.25. The Balaban J connectivity index is 1.50. The predicted molar refractivity (Wildman–Crippen MR) is 118 cm³/mol. The highest BCUT2D eigenvalue weighted by molar-refractivity contribution is 6.30. The van der Waals surface area contributed by atoms with Gasteiger partial charge in [-0.25, -0.2) is 4.68 Å². The molecule has 2 amide bonds. The zero-order chi connectivity index (χ0) is 21.5. The van der Waals surface area contributed by atoms with E-state index >= 15 is 0 Å². The normalized spacial score (nSPS) is 10.6. The quantitative estimate of drug-likeness (QED) is 0.583. The Morgan fingerprint density at radius 1 is 0.967 bits per heavy atom. The maximum Gasteiger partial charge on any atom is 0.239 e. The third kappa shape index (κ3) is 5.70. The lowest BCUT2D eigenvalue weighted by Gasteiger charge is -2.08. The molecular weight excluding hydrogens is 400 g/mol. The SMILES string of the molecule is Cc1nn(-c2ccc(Cl)cc2)c(C)c1CC(=O)NCC(=O)NCCc1ccccc1. The lowest BCUT2D eigenvalue weighted by atomic mass is 10.1. The second kappa shape index (κ2) is 10.1. The first kappa shape index (κ1) is 21.6. The molecule has 0 saturated carbocycles. The van der Waals surface area contributed by atoms with Gasteiger partial charge >= 0.3 is 0 Å². The molecule has 1 heterocycles. The van der Waals surface area contributed by atoms with Crippen molar-refractivity contribution in [3.8, 4) is 5.69 Å². The molecule has 0 unspecified atom stereocenters. The van der Waals surface area contributed by atoms with E-state index in [2.05, 4.69) is 15.7 Å². The summed E-state index contributed by atoms with van der Waals surface area (Å²) in [7, 11) is 0. The summed E-state index contributed by atoms with van der Waals surface area (Å²) in [5.41, 5.74) is 4.56. The molecule has 0 aliphatic heterocycles. The molecule has 0 bridgehead atoms. The van der Waals surface area contributed by atoms with E-state index in [0.29, 0.717) is 11.6 Å². The third-order valence-corrected chi connectivity index (χ3v) is 5.13. The minimum absolute atomic E-state index is 0.0446. The lowest BCUT2D eigenvalue weighted by Crippen LogP contribution is -2.38. The number of aryl methyl sites for hydroxylation is 1. The average Bonchev–Trinajstić information content (AvgIpc) is 3.02. The highest BCUT2D eigenvalue weighted by Gasteiger charge is 2.16. The van der Waals surface area contributed by atoms with Gasteiger partial charge in [-0.05, 0) is 50.1 Å². The van der Waals surface area contributed by atoms with Gasteiger partial charge in [0.2, 0.25) is 11.8 Å². The molecule has 0 aliphatic rings. The largest absolute Gasteiger partial charge is 0.354 e. The highest BCUT2D eigenvalue weighted by atomic mass is 35.5. The van der Waals surface area contributed by atoms with Gasteiger partial charge in [0.25, 0.3) is 0 Å². The molecule has 1 aromatic heterocycles. The van der Waals surface area contributed by atoms with Crippen molar-refractivity contribution in [2.75, 3.05) is 13.1 Å². The van der Waals surface area contributed by atoms with Crippen LogP contribution in [0.15, 0.2) is 54.6 Å². The summed E-state index contributed by atoms with van der Waals surface area (Å²) in [6.07, 6.45) is 0.922. The predicted octanol–water partition coefficient (Wildman–Crippen LogP) is 3.16. The summed E-state index contributed by atoms with van der Waals surface area (Å²) in [5, 5.41) is 10.7. The number of carbonyl (C=O) groups is 2. The molecule has 3 rings (SSSR count). The van der Waals surface area contributed by atoms with Gasteiger partial charge in [-0.2, -0.15) is 5.10 Å². The fraction of sp³-hybridized carbons (Fsp3) is 0.261. The van der Waals surface area contributed by atoms with Gasteiger partial charge in [-0.1, -0.05) is 41.9 Å². The molecule has 0 aliphatic carbocycles. The molecule has 0 spiro atoms. The molecule has 0 fully saturated rings. The number of amides is 2. The van der Waals surface area contributed by atoms with Gasteiger partial charge in [0.1, 0.15) is 0 Å². The number of hydrogen-bond acceptors (Lipinski definition) is 3. The topological polar surface area (TPSA) is 76.0 Å². The first-order valence-corrected chi connectivity index (χ1v) is 10.2. The molecule has 0 atom stereocenters. The first-order chi connectivity index (χ1) is 14.4. The fourth-order valence-electron chi connectivity index (χ4n) is 3.22. The smallest absolute Gasteiger partial charge is 0.239 e. The van der Waals surface area contributed by atoms with Crippen molar-refractivity contribution < 1.29 is 9.59 Å². The molecule has 0 saturated heterocycles. The molecule has 2 N–H and O–H groups in total. The maximum atomic E-state index is 12.4. The third-order valence-electron chi connectivity index (χ3n) is 4.87. The molecule has 3 aromatic rings. The van der Waals surface area contributed by atoms with Crippen molar-refractivity contribution in [1.82, 2.24) is 20.4 Å². The van der Waals surface area contributed by atoms with Gasteiger partial charge in [0, 0.05) is 22.8 Å². The van der Waals surface area contributed by atoms with E-state index in [9.17, 15) is 9.59 Å². The van der Waals surface area contributed by atoms with Crippen molar-refractivity contribution in [2.45, 2.75) is 26.7 Å². The second-order valence-corrected chi connectivity index (χ2v) is 7.51. The summed E-state index contributed by atoms with van der Waals surface area (Å²) < 4.78 is 1.80. The Hall–Kier alpha value is -3.12. The number of carbonyl (C=O) groups excluding carboxylic acids is 2. The minimum Gasteiger partial charge on any atom is -0.354 e. The van der Waals surface area contributed by atoms with E-state index in [-0.39, 0.29) is 24.8 Å². The molecule has 2 aromatic carbocycles. The number of rotatable bonds is 8. The van der Waals surface area contributed by atoms with Crippen molar-refractivity contribution in [3.63, 3.8) is 0 Å². The Morgan fingerprint density at radius 2 is 1.67 bits per heavy atom. The van der Waals surface area contributed by atoms with E-state index in [4.69, 9.17) is 11.6 Å². The molecule has 6 nitrogen and oxygen atoms in total. The van der Waals surface area contributed by atoms with Crippen molar-refractivity contribution in [2.24, 2.45) is 0 Å². The van der Waals surface area contributed by atoms with Crippen LogP contribution in [-0.2, 0) is 22.4 Å². The van der Waals surface area contributed by atoms with Crippen LogP contribution in [-0.4, -0.2) is 34.7 Å². The van der Waals surface area contributed by atoms with Crippen LogP contribution in [0.2, 0.25) is 5.02 Å². The number of aromatic nitrogens is 2. The summed E-state index contributed by atoms with van der Waals surface area (Å²) in [5.74, 6) is -0.417. The van der Waals surface area contributed by atoms with Crippen LogP contribution in [0.3, 0.4) is 0 Å². The summed E-state index contributed by atoms with van der Waals surface area (Å²) >= 11 is 5.95. The van der Waals surface area contributed by atoms with Gasteiger partial charge in [-0.3, -0.25) is 9.59 Å². The standard InChI is InChI=1S/C23H25ClN4O2/c1-16-21(17(2)28(27-16)20-10-8-19(24)9-11-20)14-22(29)26-15-23(30)25-13-12-18-6-4-3-5-7-18/h3-11H,12-15H2,1-2H3,(H,25,30)(H,26,29). The van der Waals surface area contributed by atoms with E-state index in [0.717, 1.165) is 34.6 Å². The number of nitrogens with one attached hydrogen (secondary N) is 2. The van der Waals surface area contributed by atoms with Gasteiger partial charge < -0.3 is 10.6 Å². The zero-order valence-electron chi connectivity index (χ0n) is 17.1. The van der Waals surface area contributed by atoms with Crippen LogP contribution in [0.25, 0.3) is 5.69 Å². The van der Waals surface area contributed by atoms with Crippen molar-refractivity contribution in [1.29, 1.82) is 0 Å². The monoisotopic (exact) mass is 424 g/mol. The van der Waals surface area contributed by atoms with Crippen LogP contribution >= 0.6 is 11.6 Å². The lowest BCUT2D eigenvalue weighted by molar-refractivity contribution is -0.125. The Labute approximate surface area is 181 Å². The number of nitrogens with zero attached hydrogens (tertiary/aromatic N) is 2. The van der Waals surface area contributed by atoms with Crippen LogP contribution in [0.5, 0.6) is 0 Å². The molecular formula is C23H25ClN4O2. The summed E-state index contributed by atoms with van der Waals surface area (Å²) in [4.78, 5) is 24.3. The van der Waals surface area contributed by atoms with Crippen LogP contribution in [0.1, 0.15) is 22.5 Å². The number of benzene rings is 2. The molecule has 0 radical (unpaired) electrons.